The van der Waals surface area contributed by atoms with Crippen molar-refractivity contribution in [2.24, 2.45) is 0 Å². The van der Waals surface area contributed by atoms with Crippen LogP contribution in [-0.2, 0) is 4.79 Å². The van der Waals surface area contributed by atoms with E-state index in [-0.39, 0.29) is 17.8 Å². The molecule has 0 unspecified atom stereocenters. The van der Waals surface area contributed by atoms with Crippen molar-refractivity contribution in [2.45, 2.75) is 26.0 Å². The van der Waals surface area contributed by atoms with Crippen LogP contribution >= 0.6 is 27.5 Å². The van der Waals surface area contributed by atoms with Gasteiger partial charge in [-0.15, -0.1) is 0 Å². The molecular weight excluding hydrogens is 385 g/mol. The van der Waals surface area contributed by atoms with Crippen molar-refractivity contribution in [3.8, 4) is 5.75 Å². The zero-order valence-electron chi connectivity index (χ0n) is 12.6. The lowest BCUT2D eigenvalue weighted by Crippen LogP contribution is -2.37. The van der Waals surface area contributed by atoms with Gasteiger partial charge in [-0.25, -0.2) is 4.39 Å². The number of halogens is 3. The maximum absolute atomic E-state index is 12.9. The van der Waals surface area contributed by atoms with Crippen LogP contribution in [0.25, 0.3) is 0 Å². The molecule has 2 rings (SSSR count). The van der Waals surface area contributed by atoms with Crippen molar-refractivity contribution < 1.29 is 13.9 Å². The second-order valence-electron chi connectivity index (χ2n) is 5.12. The smallest absolute Gasteiger partial charge is 0.261 e. The summed E-state index contributed by atoms with van der Waals surface area (Å²) in [6.45, 7) is 3.49. The maximum atomic E-state index is 12.9. The fourth-order valence-electron chi connectivity index (χ4n) is 1.98. The molecule has 2 aromatic carbocycles. The minimum atomic E-state index is -0.685. The quantitative estimate of drug-likeness (QED) is 0.776. The van der Waals surface area contributed by atoms with Crippen molar-refractivity contribution in [1.29, 1.82) is 0 Å². The summed E-state index contributed by atoms with van der Waals surface area (Å²) in [5.74, 6) is -0.0354. The van der Waals surface area contributed by atoms with Crippen LogP contribution in [0.15, 0.2) is 46.9 Å². The van der Waals surface area contributed by atoms with E-state index >= 15 is 0 Å². The van der Waals surface area contributed by atoms with Gasteiger partial charge in [-0.2, -0.15) is 0 Å². The van der Waals surface area contributed by atoms with Gasteiger partial charge in [0.25, 0.3) is 5.91 Å². The predicted octanol–water partition coefficient (Wildman–Crippen LogP) is 4.89. The molecule has 23 heavy (non-hydrogen) atoms. The van der Waals surface area contributed by atoms with Crippen LogP contribution < -0.4 is 10.1 Å². The Morgan fingerprint density at radius 1 is 1.22 bits per heavy atom. The SMILES string of the molecule is C[C@H](Oc1ccc(Cl)cc1Br)C(=O)N[C@H](C)c1ccc(F)cc1. The van der Waals surface area contributed by atoms with E-state index in [1.165, 1.54) is 12.1 Å². The molecule has 0 saturated heterocycles. The lowest BCUT2D eigenvalue weighted by molar-refractivity contribution is -0.127. The van der Waals surface area contributed by atoms with Crippen LogP contribution in [0.3, 0.4) is 0 Å². The number of hydrogen-bond donors (Lipinski definition) is 1. The Hall–Kier alpha value is -1.59. The molecule has 1 N–H and O–H groups in total. The Morgan fingerprint density at radius 2 is 1.87 bits per heavy atom. The van der Waals surface area contributed by atoms with Crippen LogP contribution in [-0.4, -0.2) is 12.0 Å². The summed E-state index contributed by atoms with van der Waals surface area (Å²) in [6, 6.07) is 10.8. The average Bonchev–Trinajstić information content (AvgIpc) is 2.50. The molecule has 0 aromatic heterocycles. The Labute approximate surface area is 147 Å². The number of hydrogen-bond acceptors (Lipinski definition) is 2. The largest absolute Gasteiger partial charge is 0.480 e. The number of carbonyl (C=O) groups is 1. The lowest BCUT2D eigenvalue weighted by atomic mass is 10.1. The lowest BCUT2D eigenvalue weighted by Gasteiger charge is -2.19. The first-order valence-electron chi connectivity index (χ1n) is 7.04. The van der Waals surface area contributed by atoms with Gasteiger partial charge in [0.2, 0.25) is 0 Å². The van der Waals surface area contributed by atoms with Gasteiger partial charge in [-0.3, -0.25) is 4.79 Å². The van der Waals surface area contributed by atoms with Gasteiger partial charge in [0.1, 0.15) is 11.6 Å². The summed E-state index contributed by atoms with van der Waals surface area (Å²) in [4.78, 5) is 12.2. The number of benzene rings is 2. The van der Waals surface area contributed by atoms with E-state index in [0.29, 0.717) is 15.2 Å². The number of nitrogens with one attached hydrogen (secondary N) is 1. The molecule has 0 heterocycles. The summed E-state index contributed by atoms with van der Waals surface area (Å²) < 4.78 is 19.2. The van der Waals surface area contributed by atoms with Gasteiger partial charge in [0, 0.05) is 5.02 Å². The van der Waals surface area contributed by atoms with Crippen LogP contribution in [0.5, 0.6) is 5.75 Å². The van der Waals surface area contributed by atoms with Gasteiger partial charge in [-0.1, -0.05) is 23.7 Å². The molecule has 6 heteroatoms. The van der Waals surface area contributed by atoms with Gasteiger partial charge >= 0.3 is 0 Å². The summed E-state index contributed by atoms with van der Waals surface area (Å²) in [5.41, 5.74) is 0.819. The van der Waals surface area contributed by atoms with Crippen molar-refractivity contribution in [3.63, 3.8) is 0 Å². The minimum absolute atomic E-state index is 0.247. The molecule has 122 valence electrons. The van der Waals surface area contributed by atoms with Gasteiger partial charge in [-0.05, 0) is 65.7 Å². The van der Waals surface area contributed by atoms with E-state index in [1.54, 1.807) is 37.3 Å². The van der Waals surface area contributed by atoms with Crippen molar-refractivity contribution >= 4 is 33.4 Å². The normalized spacial score (nSPS) is 13.3. The van der Waals surface area contributed by atoms with Gasteiger partial charge in [0.05, 0.1) is 10.5 Å². The molecule has 2 atom stereocenters. The highest BCUT2D eigenvalue weighted by Gasteiger charge is 2.18. The highest BCUT2D eigenvalue weighted by molar-refractivity contribution is 9.10. The molecule has 0 saturated carbocycles. The van der Waals surface area contributed by atoms with E-state index in [4.69, 9.17) is 16.3 Å². The first-order chi connectivity index (χ1) is 10.9. The Bertz CT molecular complexity index is 693. The van der Waals surface area contributed by atoms with E-state index in [9.17, 15) is 9.18 Å². The third-order valence-electron chi connectivity index (χ3n) is 3.30. The molecule has 0 bridgehead atoms. The monoisotopic (exact) mass is 399 g/mol. The fourth-order valence-corrected chi connectivity index (χ4v) is 2.76. The Morgan fingerprint density at radius 3 is 2.48 bits per heavy atom. The highest BCUT2D eigenvalue weighted by Crippen LogP contribution is 2.28. The molecule has 1 amide bonds. The minimum Gasteiger partial charge on any atom is -0.480 e. The number of amides is 1. The van der Waals surface area contributed by atoms with Crippen LogP contribution in [0.4, 0.5) is 4.39 Å². The van der Waals surface area contributed by atoms with Gasteiger partial charge in [0.15, 0.2) is 6.10 Å². The first-order valence-corrected chi connectivity index (χ1v) is 8.21. The van der Waals surface area contributed by atoms with E-state index in [1.807, 2.05) is 6.92 Å². The second kappa shape index (κ2) is 7.79. The third kappa shape index (κ3) is 4.94. The van der Waals surface area contributed by atoms with Crippen molar-refractivity contribution in [2.75, 3.05) is 0 Å². The first kappa shape index (κ1) is 17.8. The Balaban J connectivity index is 1.98. The summed E-state index contributed by atoms with van der Waals surface area (Å²) in [7, 11) is 0. The number of rotatable bonds is 5. The molecule has 0 fully saturated rings. The zero-order chi connectivity index (χ0) is 17.0. The van der Waals surface area contributed by atoms with E-state index < -0.39 is 6.10 Å². The number of ether oxygens (including phenoxy) is 1. The molecule has 3 nitrogen and oxygen atoms in total. The zero-order valence-corrected chi connectivity index (χ0v) is 15.0. The molecule has 0 aliphatic heterocycles. The number of carbonyl (C=O) groups excluding carboxylic acids is 1. The summed E-state index contributed by atoms with van der Waals surface area (Å²) in [5, 5.41) is 3.41. The molecule has 2 aromatic rings. The summed E-state index contributed by atoms with van der Waals surface area (Å²) >= 11 is 9.21. The molecule has 0 spiro atoms. The molecule has 0 radical (unpaired) electrons. The fraction of sp³-hybridized carbons (Fsp3) is 0.235. The maximum Gasteiger partial charge on any atom is 0.261 e. The molecule has 0 aliphatic carbocycles. The van der Waals surface area contributed by atoms with E-state index in [2.05, 4.69) is 21.2 Å². The average molecular weight is 401 g/mol. The second-order valence-corrected chi connectivity index (χ2v) is 6.41. The topological polar surface area (TPSA) is 38.3 Å². The molecular formula is C17H16BrClFNO2. The molecule has 0 aliphatic rings. The Kier molecular flexibility index (Phi) is 6.02. The van der Waals surface area contributed by atoms with E-state index in [0.717, 1.165) is 5.56 Å². The van der Waals surface area contributed by atoms with Gasteiger partial charge < -0.3 is 10.1 Å². The van der Waals surface area contributed by atoms with Crippen LogP contribution in [0.2, 0.25) is 5.02 Å². The standard InChI is InChI=1S/C17H16BrClFNO2/c1-10(12-3-6-14(20)7-4-12)21-17(22)11(2)23-16-8-5-13(19)9-15(16)18/h3-11H,1-2H3,(H,21,22)/t10-,11+/m1/s1. The third-order valence-corrected chi connectivity index (χ3v) is 4.15. The predicted molar refractivity (Wildman–Crippen MR) is 92.2 cm³/mol. The highest BCUT2D eigenvalue weighted by atomic mass is 79.9. The van der Waals surface area contributed by atoms with Crippen LogP contribution in [0.1, 0.15) is 25.5 Å². The van der Waals surface area contributed by atoms with Crippen molar-refractivity contribution in [1.82, 2.24) is 5.32 Å². The van der Waals surface area contributed by atoms with Crippen molar-refractivity contribution in [3.05, 3.63) is 63.3 Å². The van der Waals surface area contributed by atoms with Crippen LogP contribution in [0, 0.1) is 5.82 Å². The summed E-state index contributed by atoms with van der Waals surface area (Å²) in [6.07, 6.45) is -0.685.